The summed E-state index contributed by atoms with van der Waals surface area (Å²) >= 11 is 13.1. The number of nitrogens with zero attached hydrogens (tertiary/aromatic N) is 1. The topological polar surface area (TPSA) is 47.0 Å². The highest BCUT2D eigenvalue weighted by atomic mass is 35.5. The van der Waals surface area contributed by atoms with Crippen LogP contribution >= 0.6 is 34.5 Å². The minimum Gasteiger partial charge on any atom is -0.245 e. The number of hydrogen-bond donors (Lipinski definition) is 0. The molecule has 0 aliphatic carbocycles. The Morgan fingerprint density at radius 1 is 0.846 bits per heavy atom. The van der Waals surface area contributed by atoms with Gasteiger partial charge in [-0.15, -0.1) is 11.3 Å². The maximum atomic E-state index is 13.3. The van der Waals surface area contributed by atoms with Crippen LogP contribution in [0.4, 0.5) is 0 Å². The summed E-state index contributed by atoms with van der Waals surface area (Å²) in [5, 5.41) is 1.88. The largest absolute Gasteiger partial charge is 0.245 e. The molecule has 3 nitrogen and oxygen atoms in total. The molecule has 0 spiro atoms. The fourth-order valence-corrected chi connectivity index (χ4v) is 6.03. The van der Waals surface area contributed by atoms with E-state index in [1.54, 1.807) is 36.5 Å². The number of pyridine rings is 1. The van der Waals surface area contributed by atoms with E-state index in [1.807, 2.05) is 18.2 Å². The summed E-state index contributed by atoms with van der Waals surface area (Å²) < 4.78 is 26.8. The number of halogens is 2. The molecule has 0 N–H and O–H groups in total. The molecule has 0 amide bonds. The first-order chi connectivity index (χ1) is 12.5. The van der Waals surface area contributed by atoms with Gasteiger partial charge in [-0.25, -0.2) is 13.4 Å². The van der Waals surface area contributed by atoms with Crippen LogP contribution < -0.4 is 0 Å². The van der Waals surface area contributed by atoms with E-state index in [0.717, 1.165) is 22.3 Å². The van der Waals surface area contributed by atoms with Gasteiger partial charge in [0.25, 0.3) is 0 Å². The van der Waals surface area contributed by atoms with E-state index in [1.165, 1.54) is 12.1 Å². The second-order valence-corrected chi connectivity index (χ2v) is 9.60. The Morgan fingerprint density at radius 3 is 2.12 bits per heavy atom. The summed E-state index contributed by atoms with van der Waals surface area (Å²) in [4.78, 5) is 5.20. The zero-order valence-corrected chi connectivity index (χ0v) is 16.3. The first kappa shape index (κ1) is 17.5. The molecule has 2 heterocycles. The summed E-state index contributed by atoms with van der Waals surface area (Å²) in [6.07, 6.45) is 1.66. The Kier molecular flexibility index (Phi) is 4.49. The standard InChI is InChI=1S/C19H11Cl2NO2S2/c20-13-5-3-12(4-6-13)17-16-2-1-11-22-18(16)25-19(17)26(23,24)15-9-7-14(21)8-10-15/h1-11H. The molecule has 7 heteroatoms. The third kappa shape index (κ3) is 3.01. The van der Waals surface area contributed by atoms with Gasteiger partial charge in [0, 0.05) is 27.2 Å². The molecule has 4 rings (SSSR count). The van der Waals surface area contributed by atoms with Crippen LogP contribution in [0.3, 0.4) is 0 Å². The van der Waals surface area contributed by atoms with Crippen molar-refractivity contribution < 1.29 is 8.42 Å². The van der Waals surface area contributed by atoms with Crippen molar-refractivity contribution in [1.29, 1.82) is 0 Å². The van der Waals surface area contributed by atoms with Crippen molar-refractivity contribution in [3.8, 4) is 11.1 Å². The van der Waals surface area contributed by atoms with Crippen LogP contribution in [0.25, 0.3) is 21.3 Å². The maximum Gasteiger partial charge on any atom is 0.216 e. The molecule has 2 aromatic heterocycles. The lowest BCUT2D eigenvalue weighted by Crippen LogP contribution is -2.01. The number of fused-ring (bicyclic) bond motifs is 1. The van der Waals surface area contributed by atoms with Gasteiger partial charge in [0.05, 0.1) is 4.90 Å². The average Bonchev–Trinajstić information content (AvgIpc) is 3.03. The Labute approximate surface area is 164 Å². The van der Waals surface area contributed by atoms with Gasteiger partial charge in [0.1, 0.15) is 9.04 Å². The zero-order chi connectivity index (χ0) is 18.3. The van der Waals surface area contributed by atoms with Crippen LogP contribution in [0.5, 0.6) is 0 Å². The predicted octanol–water partition coefficient (Wildman–Crippen LogP) is 6.10. The minimum atomic E-state index is -3.72. The monoisotopic (exact) mass is 419 g/mol. The highest BCUT2D eigenvalue weighted by Gasteiger charge is 2.27. The molecule has 0 unspecified atom stereocenters. The van der Waals surface area contributed by atoms with Gasteiger partial charge in [-0.2, -0.15) is 0 Å². The van der Waals surface area contributed by atoms with E-state index in [0.29, 0.717) is 20.4 Å². The molecule has 2 aromatic carbocycles. The van der Waals surface area contributed by atoms with Gasteiger partial charge in [0.2, 0.25) is 9.84 Å². The Hall–Kier alpha value is -1.92. The summed E-state index contributed by atoms with van der Waals surface area (Å²) in [5.74, 6) is 0. The highest BCUT2D eigenvalue weighted by molar-refractivity contribution is 7.93. The maximum absolute atomic E-state index is 13.3. The fraction of sp³-hybridized carbons (Fsp3) is 0. The molecule has 0 radical (unpaired) electrons. The van der Waals surface area contributed by atoms with E-state index >= 15 is 0 Å². The molecule has 26 heavy (non-hydrogen) atoms. The van der Waals surface area contributed by atoms with Crippen molar-refractivity contribution in [1.82, 2.24) is 4.98 Å². The van der Waals surface area contributed by atoms with E-state index < -0.39 is 9.84 Å². The molecule has 0 atom stereocenters. The van der Waals surface area contributed by atoms with Gasteiger partial charge in [-0.3, -0.25) is 0 Å². The molecule has 130 valence electrons. The lowest BCUT2D eigenvalue weighted by atomic mass is 10.1. The number of sulfone groups is 1. The van der Waals surface area contributed by atoms with Crippen molar-refractivity contribution in [3.63, 3.8) is 0 Å². The van der Waals surface area contributed by atoms with Crippen LogP contribution in [0.1, 0.15) is 0 Å². The number of aromatic nitrogens is 1. The Balaban J connectivity index is 2.02. The number of rotatable bonds is 3. The fourth-order valence-electron chi connectivity index (χ4n) is 2.71. The molecule has 0 bridgehead atoms. The molecule has 0 fully saturated rings. The van der Waals surface area contributed by atoms with Crippen LogP contribution in [0, 0.1) is 0 Å². The van der Waals surface area contributed by atoms with Crippen LogP contribution in [0.2, 0.25) is 10.0 Å². The van der Waals surface area contributed by atoms with Crippen LogP contribution in [-0.2, 0) is 9.84 Å². The predicted molar refractivity (Wildman–Crippen MR) is 107 cm³/mol. The third-order valence-corrected chi connectivity index (χ3v) is 7.84. The summed E-state index contributed by atoms with van der Waals surface area (Å²) in [6.45, 7) is 0. The second-order valence-electron chi connectivity index (χ2n) is 5.58. The SMILES string of the molecule is O=S(=O)(c1ccc(Cl)cc1)c1sc2ncccc2c1-c1ccc(Cl)cc1. The Bertz CT molecular complexity index is 1200. The smallest absolute Gasteiger partial charge is 0.216 e. The molecule has 0 saturated heterocycles. The van der Waals surface area contributed by atoms with E-state index in [2.05, 4.69) is 4.98 Å². The number of thiophene rings is 1. The van der Waals surface area contributed by atoms with Crippen molar-refractivity contribution in [2.75, 3.05) is 0 Å². The van der Waals surface area contributed by atoms with Crippen molar-refractivity contribution in [3.05, 3.63) is 76.9 Å². The van der Waals surface area contributed by atoms with Crippen molar-refractivity contribution in [2.24, 2.45) is 0 Å². The van der Waals surface area contributed by atoms with Gasteiger partial charge in [-0.1, -0.05) is 35.3 Å². The summed E-state index contributed by atoms with van der Waals surface area (Å²) in [6, 6.07) is 17.0. The van der Waals surface area contributed by atoms with Crippen LogP contribution in [-0.4, -0.2) is 13.4 Å². The van der Waals surface area contributed by atoms with E-state index in [9.17, 15) is 8.42 Å². The van der Waals surface area contributed by atoms with Gasteiger partial charge in [-0.05, 0) is 54.1 Å². The number of benzene rings is 2. The lowest BCUT2D eigenvalue weighted by Gasteiger charge is -2.07. The molecular weight excluding hydrogens is 409 g/mol. The lowest BCUT2D eigenvalue weighted by molar-refractivity contribution is 0.598. The number of hydrogen-bond acceptors (Lipinski definition) is 4. The Morgan fingerprint density at radius 2 is 1.46 bits per heavy atom. The summed E-state index contributed by atoms with van der Waals surface area (Å²) in [7, 11) is -3.72. The second kappa shape index (κ2) is 6.67. The first-order valence-electron chi connectivity index (χ1n) is 7.61. The van der Waals surface area contributed by atoms with Crippen LogP contribution in [0.15, 0.2) is 76.0 Å². The van der Waals surface area contributed by atoms with Crippen molar-refractivity contribution in [2.45, 2.75) is 9.10 Å². The van der Waals surface area contributed by atoms with E-state index in [-0.39, 0.29) is 9.10 Å². The highest BCUT2D eigenvalue weighted by Crippen LogP contribution is 2.43. The molecular formula is C19H11Cl2NO2S2. The quantitative estimate of drug-likeness (QED) is 0.402. The first-order valence-corrected chi connectivity index (χ1v) is 10.7. The third-order valence-electron chi connectivity index (χ3n) is 3.93. The van der Waals surface area contributed by atoms with Crippen molar-refractivity contribution >= 4 is 54.6 Å². The average molecular weight is 420 g/mol. The summed E-state index contributed by atoms with van der Waals surface area (Å²) in [5.41, 5.74) is 1.42. The zero-order valence-electron chi connectivity index (χ0n) is 13.2. The molecule has 0 aliphatic heterocycles. The van der Waals surface area contributed by atoms with Gasteiger partial charge < -0.3 is 0 Å². The molecule has 0 saturated carbocycles. The van der Waals surface area contributed by atoms with Gasteiger partial charge in [0.15, 0.2) is 0 Å². The normalized spacial score (nSPS) is 11.8. The minimum absolute atomic E-state index is 0.198. The molecule has 4 aromatic rings. The van der Waals surface area contributed by atoms with E-state index in [4.69, 9.17) is 23.2 Å². The van der Waals surface area contributed by atoms with Gasteiger partial charge >= 0.3 is 0 Å². The molecule has 0 aliphatic rings.